The molecule has 7 heteroatoms. The molecule has 0 amide bonds. The molecule has 0 saturated carbocycles. The zero-order chi connectivity index (χ0) is 13.4. The molecule has 7 nitrogen and oxygen atoms in total. The van der Waals surface area contributed by atoms with E-state index in [1.54, 1.807) is 10.9 Å². The lowest BCUT2D eigenvalue weighted by Crippen LogP contribution is -1.91. The summed E-state index contributed by atoms with van der Waals surface area (Å²) < 4.78 is 12.0. The monoisotopic (exact) mass is 259 g/mol. The van der Waals surface area contributed by atoms with Gasteiger partial charge in [-0.05, 0) is 13.8 Å². The Hall–Kier alpha value is -2.44. The number of aromatic nitrogens is 5. The van der Waals surface area contributed by atoms with Gasteiger partial charge >= 0.3 is 0 Å². The normalized spacial score (nSPS) is 11.1. The molecule has 98 valence electrons. The van der Waals surface area contributed by atoms with E-state index in [1.807, 2.05) is 27.1 Å². The van der Waals surface area contributed by atoms with Crippen LogP contribution in [0.2, 0.25) is 0 Å². The average molecular weight is 259 g/mol. The van der Waals surface area contributed by atoms with E-state index >= 15 is 0 Å². The molecule has 3 aromatic rings. The van der Waals surface area contributed by atoms with Crippen molar-refractivity contribution >= 4 is 0 Å². The molecule has 0 aliphatic carbocycles. The van der Waals surface area contributed by atoms with Gasteiger partial charge in [-0.15, -0.1) is 0 Å². The topological polar surface area (TPSA) is 82.8 Å². The van der Waals surface area contributed by atoms with Crippen LogP contribution in [-0.4, -0.2) is 25.1 Å². The largest absolute Gasteiger partial charge is 0.361 e. The maximum absolute atomic E-state index is 5.24. The van der Waals surface area contributed by atoms with E-state index in [2.05, 4.69) is 20.4 Å². The van der Waals surface area contributed by atoms with Crippen molar-refractivity contribution in [2.75, 3.05) is 0 Å². The van der Waals surface area contributed by atoms with E-state index < -0.39 is 0 Å². The van der Waals surface area contributed by atoms with Crippen molar-refractivity contribution in [2.24, 2.45) is 7.05 Å². The summed E-state index contributed by atoms with van der Waals surface area (Å²) in [7, 11) is 1.84. The van der Waals surface area contributed by atoms with Gasteiger partial charge in [0.25, 0.3) is 0 Å². The molecule has 0 atom stereocenters. The van der Waals surface area contributed by atoms with Crippen LogP contribution in [-0.2, 0) is 13.5 Å². The molecular formula is C12H13N5O2. The van der Waals surface area contributed by atoms with Crippen LogP contribution >= 0.6 is 0 Å². The lowest BCUT2D eigenvalue weighted by Gasteiger charge is -1.92. The zero-order valence-corrected chi connectivity index (χ0v) is 10.9. The molecule has 3 aromatic heterocycles. The predicted octanol–water partition coefficient (Wildman–Crippen LogP) is 1.67. The Morgan fingerprint density at radius 3 is 2.68 bits per heavy atom. The first kappa shape index (κ1) is 11.6. The van der Waals surface area contributed by atoms with Crippen molar-refractivity contribution in [2.45, 2.75) is 20.3 Å². The van der Waals surface area contributed by atoms with Crippen molar-refractivity contribution in [3.05, 3.63) is 35.3 Å². The number of rotatable bonds is 3. The molecule has 0 radical (unpaired) electrons. The summed E-state index contributed by atoms with van der Waals surface area (Å²) in [5.74, 6) is 1.85. The molecule has 0 spiro atoms. The summed E-state index contributed by atoms with van der Waals surface area (Å²) in [6.45, 7) is 3.76. The van der Waals surface area contributed by atoms with Gasteiger partial charge in [-0.1, -0.05) is 10.3 Å². The van der Waals surface area contributed by atoms with E-state index in [0.717, 1.165) is 22.6 Å². The fourth-order valence-corrected chi connectivity index (χ4v) is 1.89. The molecule has 0 aliphatic rings. The Bertz CT molecular complexity index is 690. The fourth-order valence-electron chi connectivity index (χ4n) is 1.89. The third-order valence-electron chi connectivity index (χ3n) is 2.94. The number of nitrogens with zero attached hydrogens (tertiary/aromatic N) is 5. The third kappa shape index (κ3) is 2.14. The van der Waals surface area contributed by atoms with E-state index in [-0.39, 0.29) is 0 Å². The fraction of sp³-hybridized carbons (Fsp3) is 0.333. The molecule has 0 saturated heterocycles. The van der Waals surface area contributed by atoms with Crippen LogP contribution in [0.25, 0.3) is 11.4 Å². The first-order chi connectivity index (χ1) is 9.13. The van der Waals surface area contributed by atoms with E-state index in [4.69, 9.17) is 9.05 Å². The van der Waals surface area contributed by atoms with Crippen LogP contribution in [0.1, 0.15) is 22.9 Å². The highest BCUT2D eigenvalue weighted by molar-refractivity contribution is 5.51. The molecule has 0 bridgehead atoms. The van der Waals surface area contributed by atoms with E-state index in [9.17, 15) is 0 Å². The summed E-state index contributed by atoms with van der Waals surface area (Å²) in [6.07, 6.45) is 4.06. The number of hydrogen-bond acceptors (Lipinski definition) is 6. The lowest BCUT2D eigenvalue weighted by molar-refractivity contribution is 0.381. The standard InChI is InChI=1S/C12H13N5O2/c1-7-10(8(2)18-15-7)4-11-14-12(16-19-11)9-5-13-17(3)6-9/h5-6H,4H2,1-3H3. The molecule has 0 N–H and O–H groups in total. The molecule has 0 unspecified atom stereocenters. The van der Waals surface area contributed by atoms with E-state index in [0.29, 0.717) is 18.1 Å². The molecule has 0 fully saturated rings. The number of hydrogen-bond donors (Lipinski definition) is 0. The van der Waals surface area contributed by atoms with Gasteiger partial charge in [-0.3, -0.25) is 4.68 Å². The minimum Gasteiger partial charge on any atom is -0.361 e. The van der Waals surface area contributed by atoms with Crippen molar-refractivity contribution in [1.82, 2.24) is 25.1 Å². The van der Waals surface area contributed by atoms with E-state index in [1.165, 1.54) is 0 Å². The lowest BCUT2D eigenvalue weighted by atomic mass is 10.1. The highest BCUT2D eigenvalue weighted by Gasteiger charge is 2.15. The van der Waals surface area contributed by atoms with Crippen LogP contribution in [0.4, 0.5) is 0 Å². The quantitative estimate of drug-likeness (QED) is 0.711. The zero-order valence-electron chi connectivity index (χ0n) is 10.9. The van der Waals surface area contributed by atoms with Gasteiger partial charge < -0.3 is 9.05 Å². The summed E-state index contributed by atoms with van der Waals surface area (Å²) >= 11 is 0. The van der Waals surface area contributed by atoms with Gasteiger partial charge in [-0.25, -0.2) is 0 Å². The second-order valence-corrected chi connectivity index (χ2v) is 4.39. The average Bonchev–Trinajstić information content (AvgIpc) is 3.06. The molecule has 0 aromatic carbocycles. The van der Waals surface area contributed by atoms with Crippen LogP contribution < -0.4 is 0 Å². The highest BCUT2D eigenvalue weighted by Crippen LogP contribution is 2.19. The van der Waals surface area contributed by atoms with Crippen LogP contribution in [0.3, 0.4) is 0 Å². The molecule has 0 aliphatic heterocycles. The van der Waals surface area contributed by atoms with Gasteiger partial charge in [0.2, 0.25) is 11.7 Å². The van der Waals surface area contributed by atoms with Crippen LogP contribution in [0.5, 0.6) is 0 Å². The van der Waals surface area contributed by atoms with Crippen LogP contribution in [0, 0.1) is 13.8 Å². The van der Waals surface area contributed by atoms with Crippen molar-refractivity contribution in [1.29, 1.82) is 0 Å². The second kappa shape index (κ2) is 4.34. The predicted molar refractivity (Wildman–Crippen MR) is 65.3 cm³/mol. The van der Waals surface area contributed by atoms with Gasteiger partial charge in [0.15, 0.2) is 0 Å². The summed E-state index contributed by atoms with van der Waals surface area (Å²) in [5, 5.41) is 11.9. The number of aryl methyl sites for hydroxylation is 3. The Morgan fingerprint density at radius 1 is 1.21 bits per heavy atom. The minimum absolute atomic E-state index is 0.522. The Balaban J connectivity index is 1.86. The molecular weight excluding hydrogens is 246 g/mol. The molecule has 3 heterocycles. The highest BCUT2D eigenvalue weighted by atomic mass is 16.5. The van der Waals surface area contributed by atoms with Crippen molar-refractivity contribution in [3.8, 4) is 11.4 Å². The Labute approximate surface area is 109 Å². The van der Waals surface area contributed by atoms with Gasteiger partial charge in [0.05, 0.1) is 23.9 Å². The van der Waals surface area contributed by atoms with Crippen molar-refractivity contribution in [3.63, 3.8) is 0 Å². The smallest absolute Gasteiger partial charge is 0.231 e. The maximum atomic E-state index is 5.24. The Morgan fingerprint density at radius 2 is 2.05 bits per heavy atom. The molecule has 3 rings (SSSR count). The first-order valence-corrected chi connectivity index (χ1v) is 5.87. The SMILES string of the molecule is Cc1noc(C)c1Cc1nc(-c2cnn(C)c2)no1. The van der Waals surface area contributed by atoms with Crippen LogP contribution in [0.15, 0.2) is 21.4 Å². The Kier molecular flexibility index (Phi) is 2.66. The second-order valence-electron chi connectivity index (χ2n) is 4.39. The summed E-state index contributed by atoms with van der Waals surface area (Å²) in [5.41, 5.74) is 2.66. The van der Waals surface area contributed by atoms with Gasteiger partial charge in [0, 0.05) is 18.8 Å². The molecule has 19 heavy (non-hydrogen) atoms. The third-order valence-corrected chi connectivity index (χ3v) is 2.94. The minimum atomic E-state index is 0.522. The first-order valence-electron chi connectivity index (χ1n) is 5.87. The van der Waals surface area contributed by atoms with Gasteiger partial charge in [-0.2, -0.15) is 10.1 Å². The van der Waals surface area contributed by atoms with Crippen molar-refractivity contribution < 1.29 is 9.05 Å². The summed E-state index contributed by atoms with van der Waals surface area (Å²) in [4.78, 5) is 4.35. The summed E-state index contributed by atoms with van der Waals surface area (Å²) in [6, 6.07) is 0. The maximum Gasteiger partial charge on any atom is 0.231 e. The van der Waals surface area contributed by atoms with Gasteiger partial charge in [0.1, 0.15) is 5.76 Å².